The van der Waals surface area contributed by atoms with Gasteiger partial charge in [0.1, 0.15) is 23.7 Å². The summed E-state index contributed by atoms with van der Waals surface area (Å²) < 4.78 is 18.9. The lowest BCUT2D eigenvalue weighted by atomic mass is 10.1. The number of hydrogen-bond acceptors (Lipinski definition) is 5. The molecule has 8 heteroatoms. The quantitative estimate of drug-likeness (QED) is 0.599. The van der Waals surface area contributed by atoms with Gasteiger partial charge in [-0.1, -0.05) is 17.7 Å². The molecule has 6 nitrogen and oxygen atoms in total. The van der Waals surface area contributed by atoms with E-state index in [4.69, 9.17) is 16.3 Å². The lowest BCUT2D eigenvalue weighted by Gasteiger charge is -2.36. The van der Waals surface area contributed by atoms with Gasteiger partial charge in [0.05, 0.1) is 5.69 Å². The lowest BCUT2D eigenvalue weighted by molar-refractivity contribution is -0.138. The first-order chi connectivity index (χ1) is 15.0. The largest absolute Gasteiger partial charge is 0.481 e. The number of carbonyl (C=O) groups is 1. The van der Waals surface area contributed by atoms with Crippen LogP contribution < -0.4 is 9.64 Å². The van der Waals surface area contributed by atoms with E-state index in [1.807, 2.05) is 6.07 Å². The summed E-state index contributed by atoms with van der Waals surface area (Å²) in [5, 5.41) is 0.565. The van der Waals surface area contributed by atoms with E-state index in [1.54, 1.807) is 48.2 Å². The van der Waals surface area contributed by atoms with Crippen molar-refractivity contribution in [2.24, 2.45) is 0 Å². The standard InChI is InChI=1S/C23H22ClFN4O2/c1-16(31-20-4-2-3-18(24)13-20)23(30)29-11-9-28(10-12-29)22-14-21(26-15-27-22)17-5-7-19(25)8-6-17/h2-8,13-16H,9-12H2,1H3. The molecule has 0 N–H and O–H groups in total. The Kier molecular flexibility index (Phi) is 6.32. The van der Waals surface area contributed by atoms with Crippen molar-refractivity contribution >= 4 is 23.3 Å². The average molecular weight is 441 g/mol. The van der Waals surface area contributed by atoms with Gasteiger partial charge in [-0.25, -0.2) is 14.4 Å². The number of ether oxygens (including phenoxy) is 1. The second-order valence-electron chi connectivity index (χ2n) is 7.30. The summed E-state index contributed by atoms with van der Waals surface area (Å²) in [5.74, 6) is 1.01. The molecule has 2 aromatic carbocycles. The van der Waals surface area contributed by atoms with Crippen LogP contribution in [0, 0.1) is 5.82 Å². The van der Waals surface area contributed by atoms with Gasteiger partial charge in [0, 0.05) is 42.8 Å². The van der Waals surface area contributed by atoms with Gasteiger partial charge < -0.3 is 14.5 Å². The predicted octanol–water partition coefficient (Wildman–Crippen LogP) is 4.05. The van der Waals surface area contributed by atoms with Gasteiger partial charge in [0.2, 0.25) is 0 Å². The Balaban J connectivity index is 1.36. The molecule has 1 saturated heterocycles. The zero-order valence-electron chi connectivity index (χ0n) is 17.0. The fraction of sp³-hybridized carbons (Fsp3) is 0.261. The number of nitrogens with zero attached hydrogens (tertiary/aromatic N) is 4. The predicted molar refractivity (Wildman–Crippen MR) is 118 cm³/mol. The van der Waals surface area contributed by atoms with E-state index in [0.717, 1.165) is 17.1 Å². The number of aromatic nitrogens is 2. The van der Waals surface area contributed by atoms with Crippen molar-refractivity contribution in [1.29, 1.82) is 0 Å². The molecule has 0 saturated carbocycles. The normalized spacial score (nSPS) is 14.9. The summed E-state index contributed by atoms with van der Waals surface area (Å²) in [5.41, 5.74) is 1.55. The Morgan fingerprint density at radius 1 is 1.06 bits per heavy atom. The number of hydrogen-bond donors (Lipinski definition) is 0. The Labute approximate surface area is 185 Å². The molecule has 1 aromatic heterocycles. The maximum atomic E-state index is 13.2. The Morgan fingerprint density at radius 2 is 1.81 bits per heavy atom. The fourth-order valence-corrected chi connectivity index (χ4v) is 3.69. The maximum absolute atomic E-state index is 13.2. The molecule has 3 aromatic rings. The highest BCUT2D eigenvalue weighted by Gasteiger charge is 2.26. The van der Waals surface area contributed by atoms with Crippen LogP contribution in [0.5, 0.6) is 5.75 Å². The van der Waals surface area contributed by atoms with Gasteiger partial charge in [-0.15, -0.1) is 0 Å². The number of halogens is 2. The van der Waals surface area contributed by atoms with E-state index in [-0.39, 0.29) is 11.7 Å². The van der Waals surface area contributed by atoms with Crippen LogP contribution in [0.1, 0.15) is 6.92 Å². The summed E-state index contributed by atoms with van der Waals surface area (Å²) in [4.78, 5) is 25.4. The highest BCUT2D eigenvalue weighted by atomic mass is 35.5. The number of benzene rings is 2. The maximum Gasteiger partial charge on any atom is 0.263 e. The van der Waals surface area contributed by atoms with Crippen molar-refractivity contribution in [3.8, 4) is 17.0 Å². The third-order valence-corrected chi connectivity index (χ3v) is 5.40. The van der Waals surface area contributed by atoms with Crippen LogP contribution in [-0.2, 0) is 4.79 Å². The Morgan fingerprint density at radius 3 is 2.52 bits per heavy atom. The summed E-state index contributed by atoms with van der Waals surface area (Å²) in [6, 6.07) is 15.1. The molecular weight excluding hydrogens is 419 g/mol. The van der Waals surface area contributed by atoms with E-state index < -0.39 is 6.10 Å². The first-order valence-corrected chi connectivity index (χ1v) is 10.4. The van der Waals surface area contributed by atoms with E-state index in [9.17, 15) is 9.18 Å². The third kappa shape index (κ3) is 5.11. The molecule has 4 rings (SSSR count). The summed E-state index contributed by atoms with van der Waals surface area (Å²) >= 11 is 5.98. The van der Waals surface area contributed by atoms with Crippen molar-refractivity contribution in [3.63, 3.8) is 0 Å². The number of amides is 1. The molecule has 160 valence electrons. The van der Waals surface area contributed by atoms with Gasteiger partial charge in [-0.2, -0.15) is 0 Å². The zero-order valence-corrected chi connectivity index (χ0v) is 17.8. The fourth-order valence-electron chi connectivity index (χ4n) is 3.51. The van der Waals surface area contributed by atoms with Crippen LogP contribution in [0.15, 0.2) is 60.9 Å². The van der Waals surface area contributed by atoms with Crippen molar-refractivity contribution in [2.75, 3.05) is 31.1 Å². The second kappa shape index (κ2) is 9.31. The molecule has 31 heavy (non-hydrogen) atoms. The van der Waals surface area contributed by atoms with Crippen LogP contribution in [-0.4, -0.2) is 53.1 Å². The highest BCUT2D eigenvalue weighted by Crippen LogP contribution is 2.23. The van der Waals surface area contributed by atoms with Crippen molar-refractivity contribution < 1.29 is 13.9 Å². The molecule has 1 atom stereocenters. The minimum absolute atomic E-state index is 0.0608. The number of carbonyl (C=O) groups excluding carboxylic acids is 1. The van der Waals surface area contributed by atoms with Gasteiger partial charge in [0.25, 0.3) is 5.91 Å². The molecule has 1 amide bonds. The van der Waals surface area contributed by atoms with Gasteiger partial charge in [0.15, 0.2) is 6.10 Å². The van der Waals surface area contributed by atoms with E-state index in [1.165, 1.54) is 18.5 Å². The SMILES string of the molecule is CC(Oc1cccc(Cl)c1)C(=O)N1CCN(c2cc(-c3ccc(F)cc3)ncn2)CC1. The van der Waals surface area contributed by atoms with Crippen LogP contribution in [0.3, 0.4) is 0 Å². The molecule has 2 heterocycles. The van der Waals surface area contributed by atoms with Crippen molar-refractivity contribution in [3.05, 3.63) is 71.8 Å². The molecule has 1 aliphatic rings. The van der Waals surface area contributed by atoms with E-state index >= 15 is 0 Å². The molecule has 1 unspecified atom stereocenters. The minimum Gasteiger partial charge on any atom is -0.481 e. The van der Waals surface area contributed by atoms with Gasteiger partial charge in [-0.3, -0.25) is 4.79 Å². The highest BCUT2D eigenvalue weighted by molar-refractivity contribution is 6.30. The van der Waals surface area contributed by atoms with Crippen LogP contribution in [0.4, 0.5) is 10.2 Å². The van der Waals surface area contributed by atoms with Crippen molar-refractivity contribution in [2.45, 2.75) is 13.0 Å². The molecule has 0 spiro atoms. The van der Waals surface area contributed by atoms with Gasteiger partial charge >= 0.3 is 0 Å². The lowest BCUT2D eigenvalue weighted by Crippen LogP contribution is -2.52. The topological polar surface area (TPSA) is 58.6 Å². The third-order valence-electron chi connectivity index (χ3n) is 5.16. The summed E-state index contributed by atoms with van der Waals surface area (Å²) in [7, 11) is 0. The van der Waals surface area contributed by atoms with Crippen LogP contribution in [0.25, 0.3) is 11.3 Å². The van der Waals surface area contributed by atoms with E-state index in [0.29, 0.717) is 37.0 Å². The first-order valence-electron chi connectivity index (χ1n) is 10.0. The second-order valence-corrected chi connectivity index (χ2v) is 7.73. The Hall–Kier alpha value is -3.19. The Bertz CT molecular complexity index is 1060. The van der Waals surface area contributed by atoms with E-state index in [2.05, 4.69) is 14.9 Å². The smallest absolute Gasteiger partial charge is 0.263 e. The molecule has 0 aliphatic carbocycles. The number of anilines is 1. The molecular formula is C23H22ClFN4O2. The summed E-state index contributed by atoms with van der Waals surface area (Å²) in [6.07, 6.45) is 0.904. The molecule has 0 bridgehead atoms. The monoisotopic (exact) mass is 440 g/mol. The molecule has 1 aliphatic heterocycles. The molecule has 1 fully saturated rings. The van der Waals surface area contributed by atoms with Crippen molar-refractivity contribution in [1.82, 2.24) is 14.9 Å². The first kappa shape index (κ1) is 21.1. The summed E-state index contributed by atoms with van der Waals surface area (Å²) in [6.45, 7) is 4.18. The molecule has 0 radical (unpaired) electrons. The average Bonchev–Trinajstić information content (AvgIpc) is 2.79. The minimum atomic E-state index is -0.603. The van der Waals surface area contributed by atoms with Gasteiger partial charge in [-0.05, 0) is 49.4 Å². The van der Waals surface area contributed by atoms with Crippen LogP contribution in [0.2, 0.25) is 5.02 Å². The zero-order chi connectivity index (χ0) is 21.8. The number of rotatable bonds is 5. The number of piperazine rings is 1. The van der Waals surface area contributed by atoms with Crippen LogP contribution >= 0.6 is 11.6 Å².